The molecule has 0 saturated carbocycles. The lowest BCUT2D eigenvalue weighted by molar-refractivity contribution is -0.141. The third kappa shape index (κ3) is 11.2. The maximum atomic E-state index is 11.8. The van der Waals surface area contributed by atoms with Crippen LogP contribution in [0.1, 0.15) is 50.7 Å². The van der Waals surface area contributed by atoms with Gasteiger partial charge in [-0.3, -0.25) is 0 Å². The first kappa shape index (κ1) is 36.1. The Hall–Kier alpha value is -4.40. The molecule has 0 fully saturated rings. The van der Waals surface area contributed by atoms with Crippen molar-refractivity contribution in [1.29, 1.82) is 0 Å². The lowest BCUT2D eigenvalue weighted by Crippen LogP contribution is -2.15. The first-order valence-electron chi connectivity index (χ1n) is 15.8. The van der Waals surface area contributed by atoms with Gasteiger partial charge in [0.2, 0.25) is 0 Å². The van der Waals surface area contributed by atoms with Crippen LogP contribution in [-0.4, -0.2) is 61.8 Å². The lowest BCUT2D eigenvalue weighted by atomic mass is 9.93. The highest BCUT2D eigenvalue weighted by molar-refractivity contribution is 5.88. The van der Waals surface area contributed by atoms with E-state index >= 15 is 0 Å². The zero-order valence-electron chi connectivity index (χ0n) is 27.0. The molecule has 0 aromatic heterocycles. The van der Waals surface area contributed by atoms with Crippen LogP contribution >= 0.6 is 0 Å². The van der Waals surface area contributed by atoms with Crippen LogP contribution in [0.25, 0.3) is 22.3 Å². The number of hydrogen-bond donors (Lipinski definition) is 2. The van der Waals surface area contributed by atoms with Crippen molar-refractivity contribution in [3.8, 4) is 33.8 Å². The molecule has 8 heteroatoms. The van der Waals surface area contributed by atoms with Crippen molar-refractivity contribution in [3.63, 3.8) is 0 Å². The van der Waals surface area contributed by atoms with Crippen LogP contribution in [-0.2, 0) is 31.9 Å². The fourth-order valence-electron chi connectivity index (χ4n) is 4.78. The molecule has 0 spiro atoms. The molecular formula is C38H46O8. The summed E-state index contributed by atoms with van der Waals surface area (Å²) < 4.78 is 22.0. The molecule has 0 radical (unpaired) electrons. The summed E-state index contributed by atoms with van der Waals surface area (Å²) in [7, 11) is 0. The number of hydrogen-bond acceptors (Lipinski definition) is 8. The molecule has 46 heavy (non-hydrogen) atoms. The maximum absolute atomic E-state index is 11.8. The minimum atomic E-state index is -0.684. The number of carbonyl (C=O) groups is 2. The summed E-state index contributed by atoms with van der Waals surface area (Å²) in [5, 5.41) is 18.1. The molecule has 2 N–H and O–H groups in total. The van der Waals surface area contributed by atoms with E-state index < -0.39 is 25.2 Å². The van der Waals surface area contributed by atoms with Crippen molar-refractivity contribution in [2.75, 3.05) is 39.6 Å². The van der Waals surface area contributed by atoms with Crippen LogP contribution in [0.5, 0.6) is 11.5 Å². The molecule has 0 atom stereocenters. The smallest absolute Gasteiger partial charge is 0.335 e. The Bertz CT molecular complexity index is 1400. The van der Waals surface area contributed by atoms with E-state index in [4.69, 9.17) is 29.2 Å². The SMILES string of the molecule is C=C(CO)C(=O)OCCOc1cc(OCCOC(=O)C(=C)CO)cc(-c2ccc(-c3ccc(CCCCCC)cc3)c(CC)c2)c1. The molecule has 246 valence electrons. The zero-order chi connectivity index (χ0) is 33.3. The summed E-state index contributed by atoms with van der Waals surface area (Å²) in [6.45, 7) is 10.4. The molecule has 0 unspecified atom stereocenters. The van der Waals surface area contributed by atoms with E-state index in [1.54, 1.807) is 6.07 Å². The van der Waals surface area contributed by atoms with Crippen molar-refractivity contribution in [1.82, 2.24) is 0 Å². The van der Waals surface area contributed by atoms with Crippen molar-refractivity contribution >= 4 is 11.9 Å². The second-order valence-electron chi connectivity index (χ2n) is 10.9. The molecule has 0 amide bonds. The molecule has 0 aliphatic carbocycles. The Balaban J connectivity index is 1.79. The average molecular weight is 631 g/mol. The summed E-state index contributed by atoms with van der Waals surface area (Å²) in [5.41, 5.74) is 6.69. The van der Waals surface area contributed by atoms with E-state index in [2.05, 4.69) is 69.5 Å². The summed E-state index contributed by atoms with van der Waals surface area (Å²) in [4.78, 5) is 23.6. The van der Waals surface area contributed by atoms with Gasteiger partial charge >= 0.3 is 11.9 Å². The maximum Gasteiger partial charge on any atom is 0.335 e. The second kappa shape index (κ2) is 19.2. The van der Waals surface area contributed by atoms with E-state index in [1.807, 2.05) is 12.1 Å². The largest absolute Gasteiger partial charge is 0.490 e. The van der Waals surface area contributed by atoms with Crippen LogP contribution in [0.15, 0.2) is 85.0 Å². The van der Waals surface area contributed by atoms with E-state index in [0.29, 0.717) is 11.5 Å². The molecule has 3 aromatic carbocycles. The number of ether oxygens (including phenoxy) is 4. The Kier molecular flexibility index (Phi) is 15.0. The Morgan fingerprint density at radius 2 is 1.22 bits per heavy atom. The first-order chi connectivity index (χ1) is 22.3. The van der Waals surface area contributed by atoms with Crippen LogP contribution in [0.4, 0.5) is 0 Å². The summed E-state index contributed by atoms with van der Waals surface area (Å²) >= 11 is 0. The average Bonchev–Trinajstić information content (AvgIpc) is 3.09. The van der Waals surface area contributed by atoms with Crippen molar-refractivity contribution in [2.45, 2.75) is 52.4 Å². The number of aryl methyl sites for hydroxylation is 2. The van der Waals surface area contributed by atoms with Gasteiger partial charge in [0, 0.05) is 6.07 Å². The van der Waals surface area contributed by atoms with Gasteiger partial charge in [-0.25, -0.2) is 9.59 Å². The summed E-state index contributed by atoms with van der Waals surface area (Å²) in [5.74, 6) is -0.383. The topological polar surface area (TPSA) is 112 Å². The van der Waals surface area contributed by atoms with E-state index in [9.17, 15) is 9.59 Å². The molecule has 8 nitrogen and oxygen atoms in total. The lowest BCUT2D eigenvalue weighted by Gasteiger charge is -2.15. The Morgan fingerprint density at radius 3 is 1.74 bits per heavy atom. The third-order valence-corrected chi connectivity index (χ3v) is 7.41. The van der Waals surface area contributed by atoms with Gasteiger partial charge in [0.25, 0.3) is 0 Å². The minimum absolute atomic E-state index is 0.0326. The molecule has 0 aliphatic rings. The van der Waals surface area contributed by atoms with E-state index in [1.165, 1.54) is 47.9 Å². The monoisotopic (exact) mass is 630 g/mol. The van der Waals surface area contributed by atoms with Crippen LogP contribution in [0, 0.1) is 0 Å². The fraction of sp³-hybridized carbons (Fsp3) is 0.368. The van der Waals surface area contributed by atoms with Crippen LogP contribution in [0.3, 0.4) is 0 Å². The number of esters is 2. The second-order valence-corrected chi connectivity index (χ2v) is 10.9. The van der Waals surface area contributed by atoms with Gasteiger partial charge in [-0.05, 0) is 64.8 Å². The highest BCUT2D eigenvalue weighted by Gasteiger charge is 2.12. The number of carbonyl (C=O) groups excluding carboxylic acids is 2. The molecule has 0 aliphatic heterocycles. The van der Waals surface area contributed by atoms with E-state index in [-0.39, 0.29) is 37.6 Å². The number of unbranched alkanes of at least 4 members (excludes halogenated alkanes) is 3. The van der Waals surface area contributed by atoms with Gasteiger partial charge in [-0.1, -0.05) is 88.7 Å². The highest BCUT2D eigenvalue weighted by atomic mass is 16.6. The Labute approximate surface area is 272 Å². The molecule has 3 aromatic rings. The first-order valence-corrected chi connectivity index (χ1v) is 15.8. The predicted molar refractivity (Wildman–Crippen MR) is 180 cm³/mol. The summed E-state index contributed by atoms with van der Waals surface area (Å²) in [6, 6.07) is 20.7. The van der Waals surface area contributed by atoms with Gasteiger partial charge in [0.1, 0.15) is 37.9 Å². The predicted octanol–water partition coefficient (Wildman–Crippen LogP) is 6.65. The number of aliphatic hydroxyl groups is 2. The van der Waals surface area contributed by atoms with Crippen molar-refractivity contribution < 1.29 is 38.7 Å². The highest BCUT2D eigenvalue weighted by Crippen LogP contribution is 2.34. The zero-order valence-corrected chi connectivity index (χ0v) is 27.0. The van der Waals surface area contributed by atoms with Crippen molar-refractivity contribution in [2.24, 2.45) is 0 Å². The Morgan fingerprint density at radius 1 is 0.652 bits per heavy atom. The number of aliphatic hydroxyl groups excluding tert-OH is 2. The summed E-state index contributed by atoms with van der Waals surface area (Å²) in [6.07, 6.45) is 6.94. The molecule has 0 heterocycles. The van der Waals surface area contributed by atoms with Gasteiger partial charge in [-0.15, -0.1) is 0 Å². The van der Waals surface area contributed by atoms with Crippen LogP contribution < -0.4 is 9.47 Å². The fourth-order valence-corrected chi connectivity index (χ4v) is 4.78. The molecule has 0 bridgehead atoms. The molecular weight excluding hydrogens is 584 g/mol. The standard InChI is InChI=1S/C38H46O8/c1-5-7-8-9-10-29-11-13-31(14-12-29)36-16-15-32(21-30(36)6-2)33-22-34(43-17-19-45-37(41)27(3)25-39)24-35(23-33)44-18-20-46-38(42)28(4)26-40/h11-16,21-24,39-40H,3-10,17-20,25-26H2,1-2H3. The molecule has 0 saturated heterocycles. The molecule has 3 rings (SSSR count). The quantitative estimate of drug-likeness (QED) is 0.0812. The number of benzene rings is 3. The third-order valence-electron chi connectivity index (χ3n) is 7.41. The van der Waals surface area contributed by atoms with Gasteiger partial charge in [0.15, 0.2) is 0 Å². The van der Waals surface area contributed by atoms with E-state index in [0.717, 1.165) is 24.0 Å². The van der Waals surface area contributed by atoms with Crippen LogP contribution in [0.2, 0.25) is 0 Å². The minimum Gasteiger partial charge on any atom is -0.490 e. The number of rotatable bonds is 20. The van der Waals surface area contributed by atoms with Gasteiger partial charge in [0.05, 0.1) is 24.4 Å². The van der Waals surface area contributed by atoms with Crippen molar-refractivity contribution in [3.05, 3.63) is 96.1 Å². The normalized spacial score (nSPS) is 10.7. The van der Waals surface area contributed by atoms with Gasteiger partial charge < -0.3 is 29.2 Å². The van der Waals surface area contributed by atoms with Gasteiger partial charge in [-0.2, -0.15) is 0 Å².